The van der Waals surface area contributed by atoms with Crippen LogP contribution < -0.4 is 5.73 Å². The van der Waals surface area contributed by atoms with E-state index in [1.807, 2.05) is 6.07 Å². The predicted octanol–water partition coefficient (Wildman–Crippen LogP) is 4.01. The highest BCUT2D eigenvalue weighted by molar-refractivity contribution is 5.63. The molecule has 0 spiro atoms. The monoisotopic (exact) mass is 225 g/mol. The molecule has 0 aliphatic heterocycles. The lowest BCUT2D eigenvalue weighted by Crippen LogP contribution is -2.16. The molecule has 0 amide bonds. The van der Waals surface area contributed by atoms with Gasteiger partial charge in [0, 0.05) is 6.04 Å². The second-order valence-corrected chi connectivity index (χ2v) is 4.76. The van der Waals surface area contributed by atoms with Gasteiger partial charge in [0.2, 0.25) is 0 Å². The van der Waals surface area contributed by atoms with Gasteiger partial charge in [-0.05, 0) is 22.6 Å². The molecule has 88 valence electrons. The molecule has 2 rings (SSSR count). The zero-order valence-electron chi connectivity index (χ0n) is 10.4. The summed E-state index contributed by atoms with van der Waals surface area (Å²) in [6.07, 6.45) is 0. The smallest absolute Gasteiger partial charge is 0.0318 e. The van der Waals surface area contributed by atoms with E-state index >= 15 is 0 Å². The lowest BCUT2D eigenvalue weighted by Gasteiger charge is -2.16. The number of rotatable bonds is 3. The highest BCUT2D eigenvalue weighted by atomic mass is 14.6. The van der Waals surface area contributed by atoms with Gasteiger partial charge in [-0.15, -0.1) is 0 Å². The largest absolute Gasteiger partial charge is 0.324 e. The van der Waals surface area contributed by atoms with E-state index in [0.717, 1.165) is 0 Å². The molecule has 0 fully saturated rings. The van der Waals surface area contributed by atoms with Crippen LogP contribution in [0.25, 0.3) is 11.1 Å². The minimum absolute atomic E-state index is 0.125. The lowest BCUT2D eigenvalue weighted by atomic mass is 9.95. The molecule has 0 heterocycles. The third-order valence-corrected chi connectivity index (χ3v) is 3.12. The normalized spacial score (nSPS) is 12.7. The second-order valence-electron chi connectivity index (χ2n) is 4.76. The Morgan fingerprint density at radius 1 is 0.765 bits per heavy atom. The first kappa shape index (κ1) is 11.9. The topological polar surface area (TPSA) is 26.0 Å². The van der Waals surface area contributed by atoms with Gasteiger partial charge in [0.25, 0.3) is 0 Å². The van der Waals surface area contributed by atoms with Crippen molar-refractivity contribution in [3.8, 4) is 11.1 Å². The van der Waals surface area contributed by atoms with E-state index in [2.05, 4.69) is 62.4 Å². The van der Waals surface area contributed by atoms with E-state index < -0.39 is 0 Å². The first-order valence-electron chi connectivity index (χ1n) is 6.09. The van der Waals surface area contributed by atoms with Gasteiger partial charge in [0.15, 0.2) is 0 Å². The van der Waals surface area contributed by atoms with E-state index in [1.165, 1.54) is 16.7 Å². The molecule has 17 heavy (non-hydrogen) atoms. The van der Waals surface area contributed by atoms with Crippen molar-refractivity contribution in [3.63, 3.8) is 0 Å². The molecule has 0 aliphatic carbocycles. The van der Waals surface area contributed by atoms with E-state index in [-0.39, 0.29) is 6.04 Å². The van der Waals surface area contributed by atoms with Crippen LogP contribution in [0.2, 0.25) is 0 Å². The molecule has 2 aromatic rings. The van der Waals surface area contributed by atoms with Crippen molar-refractivity contribution < 1.29 is 0 Å². The summed E-state index contributed by atoms with van der Waals surface area (Å²) < 4.78 is 0. The third-order valence-electron chi connectivity index (χ3n) is 3.12. The zero-order valence-corrected chi connectivity index (χ0v) is 10.4. The molecule has 2 N–H and O–H groups in total. The first-order valence-corrected chi connectivity index (χ1v) is 6.09. The first-order chi connectivity index (χ1) is 8.18. The Hall–Kier alpha value is -1.60. The number of benzene rings is 2. The van der Waals surface area contributed by atoms with Crippen LogP contribution in [0.1, 0.15) is 25.5 Å². The number of hydrogen-bond donors (Lipinski definition) is 1. The second kappa shape index (κ2) is 5.15. The fraction of sp³-hybridized carbons (Fsp3) is 0.250. The Morgan fingerprint density at radius 2 is 1.29 bits per heavy atom. The molecule has 0 bridgehead atoms. The predicted molar refractivity (Wildman–Crippen MR) is 73.6 cm³/mol. The van der Waals surface area contributed by atoms with Crippen molar-refractivity contribution in [1.82, 2.24) is 0 Å². The Kier molecular flexibility index (Phi) is 3.60. The van der Waals surface area contributed by atoms with Gasteiger partial charge in [-0.2, -0.15) is 0 Å². The van der Waals surface area contributed by atoms with Gasteiger partial charge in [-0.1, -0.05) is 68.4 Å². The van der Waals surface area contributed by atoms with Gasteiger partial charge in [0.1, 0.15) is 0 Å². The summed E-state index contributed by atoms with van der Waals surface area (Å²) in [7, 11) is 0. The SMILES string of the molecule is CC(C)C(N)c1ccc(-c2ccccc2)cc1. The summed E-state index contributed by atoms with van der Waals surface area (Å²) in [5.41, 5.74) is 9.82. The lowest BCUT2D eigenvalue weighted by molar-refractivity contribution is 0.514. The fourth-order valence-electron chi connectivity index (χ4n) is 1.91. The van der Waals surface area contributed by atoms with Crippen molar-refractivity contribution in [2.75, 3.05) is 0 Å². The van der Waals surface area contributed by atoms with E-state index in [0.29, 0.717) is 5.92 Å². The molecule has 1 unspecified atom stereocenters. The van der Waals surface area contributed by atoms with Crippen molar-refractivity contribution >= 4 is 0 Å². The van der Waals surface area contributed by atoms with Gasteiger partial charge < -0.3 is 5.73 Å². The average molecular weight is 225 g/mol. The summed E-state index contributed by atoms with van der Waals surface area (Å²) in [5, 5.41) is 0. The highest BCUT2D eigenvalue weighted by Crippen LogP contribution is 2.23. The number of hydrogen-bond acceptors (Lipinski definition) is 1. The van der Waals surface area contributed by atoms with Crippen LogP contribution >= 0.6 is 0 Å². The molecule has 0 aromatic heterocycles. The Balaban J connectivity index is 2.25. The Morgan fingerprint density at radius 3 is 1.82 bits per heavy atom. The van der Waals surface area contributed by atoms with Crippen LogP contribution in [0.15, 0.2) is 54.6 Å². The fourth-order valence-corrected chi connectivity index (χ4v) is 1.91. The molecule has 0 saturated heterocycles. The van der Waals surface area contributed by atoms with Gasteiger partial charge >= 0.3 is 0 Å². The zero-order chi connectivity index (χ0) is 12.3. The minimum atomic E-state index is 0.125. The van der Waals surface area contributed by atoms with Crippen LogP contribution in [0.4, 0.5) is 0 Å². The summed E-state index contributed by atoms with van der Waals surface area (Å²) in [6, 6.07) is 19.1. The molecule has 0 radical (unpaired) electrons. The number of nitrogens with two attached hydrogens (primary N) is 1. The molecule has 1 atom stereocenters. The van der Waals surface area contributed by atoms with Crippen LogP contribution in [0.3, 0.4) is 0 Å². The maximum Gasteiger partial charge on any atom is 0.0318 e. The van der Waals surface area contributed by atoms with Crippen LogP contribution in [-0.2, 0) is 0 Å². The minimum Gasteiger partial charge on any atom is -0.324 e. The van der Waals surface area contributed by atoms with Crippen LogP contribution in [-0.4, -0.2) is 0 Å². The highest BCUT2D eigenvalue weighted by Gasteiger charge is 2.09. The standard InChI is InChI=1S/C16H19N/c1-12(2)16(17)15-10-8-14(9-11-15)13-6-4-3-5-7-13/h3-12,16H,17H2,1-2H3. The van der Waals surface area contributed by atoms with Crippen LogP contribution in [0, 0.1) is 5.92 Å². The van der Waals surface area contributed by atoms with Crippen molar-refractivity contribution in [3.05, 3.63) is 60.2 Å². The molecular weight excluding hydrogens is 206 g/mol. The molecule has 1 heteroatoms. The van der Waals surface area contributed by atoms with Crippen molar-refractivity contribution in [1.29, 1.82) is 0 Å². The summed E-state index contributed by atoms with van der Waals surface area (Å²) in [5.74, 6) is 0.470. The molecular formula is C16H19N. The maximum absolute atomic E-state index is 6.13. The Labute approximate surface area is 103 Å². The third kappa shape index (κ3) is 2.75. The van der Waals surface area contributed by atoms with Gasteiger partial charge in [-0.3, -0.25) is 0 Å². The van der Waals surface area contributed by atoms with Crippen molar-refractivity contribution in [2.24, 2.45) is 11.7 Å². The van der Waals surface area contributed by atoms with Gasteiger partial charge in [0.05, 0.1) is 0 Å². The molecule has 2 aromatic carbocycles. The molecule has 0 aliphatic rings. The maximum atomic E-state index is 6.13. The average Bonchev–Trinajstić information content (AvgIpc) is 2.39. The van der Waals surface area contributed by atoms with Gasteiger partial charge in [-0.25, -0.2) is 0 Å². The van der Waals surface area contributed by atoms with Crippen molar-refractivity contribution in [2.45, 2.75) is 19.9 Å². The summed E-state index contributed by atoms with van der Waals surface area (Å²) >= 11 is 0. The summed E-state index contributed by atoms with van der Waals surface area (Å²) in [4.78, 5) is 0. The Bertz CT molecular complexity index is 457. The van der Waals surface area contributed by atoms with E-state index in [1.54, 1.807) is 0 Å². The van der Waals surface area contributed by atoms with Crippen LogP contribution in [0.5, 0.6) is 0 Å². The van der Waals surface area contributed by atoms with E-state index in [4.69, 9.17) is 5.73 Å². The summed E-state index contributed by atoms with van der Waals surface area (Å²) in [6.45, 7) is 4.30. The van der Waals surface area contributed by atoms with E-state index in [9.17, 15) is 0 Å². The molecule has 0 saturated carbocycles. The molecule has 1 nitrogen and oxygen atoms in total. The quantitative estimate of drug-likeness (QED) is 0.839.